The first kappa shape index (κ1) is 12.0. The van der Waals surface area contributed by atoms with Crippen LogP contribution in [0.25, 0.3) is 11.0 Å². The van der Waals surface area contributed by atoms with Crippen LogP contribution in [-0.2, 0) is 6.54 Å². The van der Waals surface area contributed by atoms with Gasteiger partial charge >= 0.3 is 0 Å². The standard InChI is InChI=1S/C13H15F2NO/c1-13(2,3)16-6-8-7-17-12-10(15)5-4-9(14)11(8)12/h4-5,7,16H,6H2,1-3H3. The smallest absolute Gasteiger partial charge is 0.172 e. The Morgan fingerprint density at radius 2 is 1.82 bits per heavy atom. The maximum Gasteiger partial charge on any atom is 0.172 e. The highest BCUT2D eigenvalue weighted by Crippen LogP contribution is 2.26. The first-order chi connectivity index (χ1) is 7.88. The van der Waals surface area contributed by atoms with Crippen molar-refractivity contribution in [2.75, 3.05) is 0 Å². The van der Waals surface area contributed by atoms with Gasteiger partial charge in [-0.15, -0.1) is 0 Å². The monoisotopic (exact) mass is 239 g/mol. The molecule has 0 aliphatic heterocycles. The SMILES string of the molecule is CC(C)(C)NCc1coc2c(F)ccc(F)c12. The van der Waals surface area contributed by atoms with E-state index in [9.17, 15) is 8.78 Å². The molecule has 0 saturated carbocycles. The van der Waals surface area contributed by atoms with Crippen LogP contribution in [0.2, 0.25) is 0 Å². The molecule has 0 radical (unpaired) electrons. The molecule has 0 spiro atoms. The quantitative estimate of drug-likeness (QED) is 0.866. The first-order valence-electron chi connectivity index (χ1n) is 5.47. The Morgan fingerprint density at radius 1 is 1.18 bits per heavy atom. The maximum atomic E-state index is 13.6. The molecule has 0 aliphatic carbocycles. The molecule has 92 valence electrons. The van der Waals surface area contributed by atoms with Gasteiger partial charge in [-0.3, -0.25) is 0 Å². The fourth-order valence-corrected chi connectivity index (χ4v) is 1.63. The predicted molar refractivity (Wildman–Crippen MR) is 62.7 cm³/mol. The second-order valence-electron chi connectivity index (χ2n) is 5.10. The number of nitrogens with one attached hydrogen (secondary N) is 1. The van der Waals surface area contributed by atoms with Crippen LogP contribution in [0, 0.1) is 11.6 Å². The molecule has 0 fully saturated rings. The Bertz CT molecular complexity index is 540. The Kier molecular flexibility index (Phi) is 2.91. The molecule has 0 saturated heterocycles. The molecule has 0 atom stereocenters. The van der Waals surface area contributed by atoms with Crippen molar-refractivity contribution in [2.24, 2.45) is 0 Å². The summed E-state index contributed by atoms with van der Waals surface area (Å²) in [7, 11) is 0. The lowest BCUT2D eigenvalue weighted by molar-refractivity contribution is 0.423. The van der Waals surface area contributed by atoms with Crippen LogP contribution in [0.15, 0.2) is 22.8 Å². The Labute approximate surface area is 98.6 Å². The van der Waals surface area contributed by atoms with E-state index in [-0.39, 0.29) is 16.5 Å². The van der Waals surface area contributed by atoms with Crippen LogP contribution in [0.1, 0.15) is 26.3 Å². The summed E-state index contributed by atoms with van der Waals surface area (Å²) in [6, 6.07) is 2.19. The zero-order valence-electron chi connectivity index (χ0n) is 10.1. The van der Waals surface area contributed by atoms with Gasteiger partial charge in [0.05, 0.1) is 11.6 Å². The van der Waals surface area contributed by atoms with Crippen molar-refractivity contribution in [3.63, 3.8) is 0 Å². The summed E-state index contributed by atoms with van der Waals surface area (Å²) in [4.78, 5) is 0. The van der Waals surface area contributed by atoms with Crippen LogP contribution >= 0.6 is 0 Å². The van der Waals surface area contributed by atoms with Crippen molar-refractivity contribution in [1.82, 2.24) is 5.32 Å². The summed E-state index contributed by atoms with van der Waals surface area (Å²) >= 11 is 0. The van der Waals surface area contributed by atoms with E-state index < -0.39 is 11.6 Å². The van der Waals surface area contributed by atoms with E-state index in [1.54, 1.807) is 0 Å². The number of benzene rings is 1. The van der Waals surface area contributed by atoms with Crippen molar-refractivity contribution in [2.45, 2.75) is 32.9 Å². The third kappa shape index (κ3) is 2.47. The fraction of sp³-hybridized carbons (Fsp3) is 0.385. The average Bonchev–Trinajstić information content (AvgIpc) is 2.64. The average molecular weight is 239 g/mol. The third-order valence-corrected chi connectivity index (χ3v) is 2.51. The summed E-state index contributed by atoms with van der Waals surface area (Å²) < 4.78 is 32.1. The number of hydrogen-bond acceptors (Lipinski definition) is 2. The van der Waals surface area contributed by atoms with E-state index in [1.165, 1.54) is 6.26 Å². The van der Waals surface area contributed by atoms with Crippen molar-refractivity contribution in [3.8, 4) is 0 Å². The van der Waals surface area contributed by atoms with Crippen LogP contribution < -0.4 is 5.32 Å². The van der Waals surface area contributed by atoms with Gasteiger partial charge in [0.25, 0.3) is 0 Å². The molecular weight excluding hydrogens is 224 g/mol. The maximum absolute atomic E-state index is 13.6. The van der Waals surface area contributed by atoms with Gasteiger partial charge in [-0.25, -0.2) is 8.78 Å². The highest BCUT2D eigenvalue weighted by atomic mass is 19.1. The molecule has 2 nitrogen and oxygen atoms in total. The fourth-order valence-electron chi connectivity index (χ4n) is 1.63. The normalized spacial score (nSPS) is 12.3. The molecule has 1 aromatic heterocycles. The summed E-state index contributed by atoms with van der Waals surface area (Å²) in [5.41, 5.74) is 0.524. The minimum absolute atomic E-state index is 0.0179. The van der Waals surface area contributed by atoms with E-state index in [1.807, 2.05) is 20.8 Å². The van der Waals surface area contributed by atoms with E-state index in [0.29, 0.717) is 12.1 Å². The molecule has 0 aliphatic rings. The third-order valence-electron chi connectivity index (χ3n) is 2.51. The second kappa shape index (κ2) is 4.11. The lowest BCUT2D eigenvalue weighted by Crippen LogP contribution is -2.35. The van der Waals surface area contributed by atoms with Gasteiger partial charge in [0, 0.05) is 17.6 Å². The van der Waals surface area contributed by atoms with Crippen molar-refractivity contribution in [3.05, 3.63) is 35.6 Å². The van der Waals surface area contributed by atoms with Crippen molar-refractivity contribution < 1.29 is 13.2 Å². The summed E-state index contributed by atoms with van der Waals surface area (Å²) in [6.07, 6.45) is 1.40. The Morgan fingerprint density at radius 3 is 2.47 bits per heavy atom. The molecular formula is C13H15F2NO. The molecule has 4 heteroatoms. The number of fused-ring (bicyclic) bond motifs is 1. The van der Waals surface area contributed by atoms with Crippen molar-refractivity contribution in [1.29, 1.82) is 0 Å². The molecule has 1 N–H and O–H groups in total. The van der Waals surface area contributed by atoms with Crippen LogP contribution in [0.5, 0.6) is 0 Å². The molecule has 2 rings (SSSR count). The van der Waals surface area contributed by atoms with Crippen LogP contribution in [0.3, 0.4) is 0 Å². The predicted octanol–water partition coefficient (Wildman–Crippen LogP) is 3.60. The second-order valence-corrected chi connectivity index (χ2v) is 5.10. The molecule has 1 aromatic carbocycles. The molecule has 0 amide bonds. The van der Waals surface area contributed by atoms with Gasteiger partial charge in [0.1, 0.15) is 5.82 Å². The molecule has 1 heterocycles. The van der Waals surface area contributed by atoms with Gasteiger partial charge in [-0.2, -0.15) is 0 Å². The van der Waals surface area contributed by atoms with Gasteiger partial charge in [0.2, 0.25) is 0 Å². The van der Waals surface area contributed by atoms with Gasteiger partial charge in [-0.05, 0) is 32.9 Å². The summed E-state index contributed by atoms with van der Waals surface area (Å²) in [5, 5.41) is 3.44. The lowest BCUT2D eigenvalue weighted by Gasteiger charge is -2.19. The highest BCUT2D eigenvalue weighted by molar-refractivity contribution is 5.82. The van der Waals surface area contributed by atoms with Crippen molar-refractivity contribution >= 4 is 11.0 Å². The lowest BCUT2D eigenvalue weighted by atomic mass is 10.1. The van der Waals surface area contributed by atoms with Crippen LogP contribution in [0.4, 0.5) is 8.78 Å². The molecule has 0 unspecified atom stereocenters. The minimum atomic E-state index is -0.539. The highest BCUT2D eigenvalue weighted by Gasteiger charge is 2.16. The largest absolute Gasteiger partial charge is 0.461 e. The number of hydrogen-bond donors (Lipinski definition) is 1. The van der Waals surface area contributed by atoms with E-state index in [0.717, 1.165) is 12.1 Å². The van der Waals surface area contributed by atoms with Gasteiger partial charge in [0.15, 0.2) is 11.4 Å². The summed E-state index contributed by atoms with van der Waals surface area (Å²) in [6.45, 7) is 6.46. The van der Waals surface area contributed by atoms with E-state index in [4.69, 9.17) is 4.42 Å². The van der Waals surface area contributed by atoms with E-state index in [2.05, 4.69) is 5.32 Å². The Hall–Kier alpha value is -1.42. The number of rotatable bonds is 2. The minimum Gasteiger partial charge on any atom is -0.461 e. The van der Waals surface area contributed by atoms with Gasteiger partial charge < -0.3 is 9.73 Å². The van der Waals surface area contributed by atoms with Crippen LogP contribution in [-0.4, -0.2) is 5.54 Å². The van der Waals surface area contributed by atoms with Gasteiger partial charge in [-0.1, -0.05) is 0 Å². The number of halogens is 2. The molecule has 2 aromatic rings. The molecule has 17 heavy (non-hydrogen) atoms. The zero-order valence-corrected chi connectivity index (χ0v) is 10.1. The van der Waals surface area contributed by atoms with E-state index >= 15 is 0 Å². The molecule has 0 bridgehead atoms. The Balaban J connectivity index is 2.39. The number of furan rings is 1. The topological polar surface area (TPSA) is 25.2 Å². The summed E-state index contributed by atoms with van der Waals surface area (Å²) in [5.74, 6) is -0.996. The zero-order chi connectivity index (χ0) is 12.6. The first-order valence-corrected chi connectivity index (χ1v) is 5.47.